The topological polar surface area (TPSA) is 42.4 Å². The van der Waals surface area contributed by atoms with Crippen molar-refractivity contribution in [3.8, 4) is 5.75 Å². The van der Waals surface area contributed by atoms with Crippen LogP contribution in [0.3, 0.4) is 0 Å². The highest BCUT2D eigenvalue weighted by atomic mass is 35.5. The molecule has 22 heavy (non-hydrogen) atoms. The summed E-state index contributed by atoms with van der Waals surface area (Å²) in [5, 5.41) is 1.13. The Hall–Kier alpha value is -1.78. The Labute approximate surface area is 138 Å². The number of pyridine rings is 1. The first-order valence-corrected chi connectivity index (χ1v) is 7.63. The smallest absolute Gasteiger partial charge is 0.235 e. The molecule has 1 aliphatic heterocycles. The summed E-state index contributed by atoms with van der Waals surface area (Å²) in [6.07, 6.45) is 2.14. The standard InChI is InChI=1S/C16H14Cl2N2O2/c1-20(15-5-3-11(18)9-19-15)16(21)12-6-7-22-14-4-2-10(17)8-13(12)14/h2-5,8-9,12H,6-7H2,1H3/t12-/m0/s1. The molecule has 4 nitrogen and oxygen atoms in total. The van der Waals surface area contributed by atoms with Gasteiger partial charge in [-0.15, -0.1) is 0 Å². The summed E-state index contributed by atoms with van der Waals surface area (Å²) >= 11 is 11.9. The van der Waals surface area contributed by atoms with Crippen molar-refractivity contribution in [2.24, 2.45) is 0 Å². The molecule has 0 fully saturated rings. The highest BCUT2D eigenvalue weighted by molar-refractivity contribution is 6.31. The van der Waals surface area contributed by atoms with E-state index in [1.165, 1.54) is 11.1 Å². The molecule has 6 heteroatoms. The predicted molar refractivity (Wildman–Crippen MR) is 87.0 cm³/mol. The van der Waals surface area contributed by atoms with Gasteiger partial charge in [0.05, 0.1) is 17.5 Å². The predicted octanol–water partition coefficient (Wildman–Crippen LogP) is 3.92. The van der Waals surface area contributed by atoms with Crippen molar-refractivity contribution in [2.45, 2.75) is 12.3 Å². The van der Waals surface area contributed by atoms with Gasteiger partial charge in [0.2, 0.25) is 5.91 Å². The molecule has 1 aromatic heterocycles. The van der Waals surface area contributed by atoms with Crippen molar-refractivity contribution < 1.29 is 9.53 Å². The molecule has 0 saturated carbocycles. The molecule has 0 bridgehead atoms. The number of likely N-dealkylation sites (N-methyl/N-ethyl adjacent to an activating group) is 1. The molecule has 0 saturated heterocycles. The van der Waals surface area contributed by atoms with Crippen molar-refractivity contribution >= 4 is 34.9 Å². The number of halogens is 2. The zero-order valence-electron chi connectivity index (χ0n) is 11.9. The summed E-state index contributed by atoms with van der Waals surface area (Å²) in [6.45, 7) is 0.507. The molecule has 1 aromatic carbocycles. The van der Waals surface area contributed by atoms with E-state index in [9.17, 15) is 4.79 Å². The lowest BCUT2D eigenvalue weighted by Crippen LogP contribution is -2.34. The van der Waals surface area contributed by atoms with E-state index in [-0.39, 0.29) is 11.8 Å². The van der Waals surface area contributed by atoms with Crippen molar-refractivity contribution in [3.63, 3.8) is 0 Å². The van der Waals surface area contributed by atoms with Crippen LogP contribution in [0.1, 0.15) is 17.9 Å². The number of ether oxygens (including phenoxy) is 1. The van der Waals surface area contributed by atoms with Crippen LogP contribution >= 0.6 is 23.2 Å². The third-order valence-electron chi connectivity index (χ3n) is 3.70. The van der Waals surface area contributed by atoms with Gasteiger partial charge < -0.3 is 4.74 Å². The van der Waals surface area contributed by atoms with Crippen molar-refractivity contribution in [1.82, 2.24) is 4.98 Å². The van der Waals surface area contributed by atoms with Crippen LogP contribution in [-0.4, -0.2) is 24.5 Å². The fourth-order valence-electron chi connectivity index (χ4n) is 2.53. The van der Waals surface area contributed by atoms with E-state index in [0.717, 1.165) is 5.56 Å². The molecule has 0 radical (unpaired) electrons. The second-order valence-electron chi connectivity index (χ2n) is 5.10. The number of anilines is 1. The van der Waals surface area contributed by atoms with Crippen LogP contribution in [-0.2, 0) is 4.79 Å². The average Bonchev–Trinajstić information content (AvgIpc) is 2.53. The minimum atomic E-state index is -0.287. The Morgan fingerprint density at radius 2 is 2.05 bits per heavy atom. The fraction of sp³-hybridized carbons (Fsp3) is 0.250. The number of benzene rings is 1. The normalized spacial score (nSPS) is 16.6. The summed E-state index contributed by atoms with van der Waals surface area (Å²) in [6, 6.07) is 8.79. The second kappa shape index (κ2) is 6.15. The van der Waals surface area contributed by atoms with Crippen LogP contribution < -0.4 is 9.64 Å². The third-order valence-corrected chi connectivity index (χ3v) is 4.15. The van der Waals surface area contributed by atoms with E-state index in [4.69, 9.17) is 27.9 Å². The second-order valence-corrected chi connectivity index (χ2v) is 5.98. The van der Waals surface area contributed by atoms with E-state index in [1.807, 2.05) is 0 Å². The maximum Gasteiger partial charge on any atom is 0.235 e. The molecular formula is C16H14Cl2N2O2. The molecule has 0 spiro atoms. The molecule has 3 rings (SSSR count). The molecule has 0 aliphatic carbocycles. The molecule has 0 N–H and O–H groups in total. The lowest BCUT2D eigenvalue weighted by atomic mass is 9.92. The Balaban J connectivity index is 1.90. The van der Waals surface area contributed by atoms with Gasteiger partial charge in [-0.05, 0) is 36.8 Å². The minimum absolute atomic E-state index is 0.0401. The summed E-state index contributed by atoms with van der Waals surface area (Å²) in [7, 11) is 1.71. The lowest BCUT2D eigenvalue weighted by molar-refractivity contribution is -0.120. The van der Waals surface area contributed by atoms with Gasteiger partial charge in [-0.2, -0.15) is 0 Å². The summed E-state index contributed by atoms with van der Waals surface area (Å²) < 4.78 is 5.60. The number of hydrogen-bond donors (Lipinski definition) is 0. The van der Waals surface area contributed by atoms with Crippen LogP contribution in [0.2, 0.25) is 10.0 Å². The zero-order valence-corrected chi connectivity index (χ0v) is 13.4. The third kappa shape index (κ3) is 2.89. The first-order chi connectivity index (χ1) is 10.6. The molecule has 0 unspecified atom stereocenters. The van der Waals surface area contributed by atoms with E-state index in [0.29, 0.717) is 34.6 Å². The van der Waals surface area contributed by atoms with Crippen LogP contribution in [0.15, 0.2) is 36.5 Å². The molecule has 1 amide bonds. The van der Waals surface area contributed by atoms with E-state index in [2.05, 4.69) is 4.98 Å². The maximum atomic E-state index is 12.8. The van der Waals surface area contributed by atoms with Gasteiger partial charge in [0.25, 0.3) is 0 Å². The summed E-state index contributed by atoms with van der Waals surface area (Å²) in [5.74, 6) is 0.947. The van der Waals surface area contributed by atoms with Gasteiger partial charge in [0, 0.05) is 23.8 Å². The molecule has 2 heterocycles. The van der Waals surface area contributed by atoms with E-state index >= 15 is 0 Å². The lowest BCUT2D eigenvalue weighted by Gasteiger charge is -2.28. The van der Waals surface area contributed by atoms with Crippen LogP contribution in [0.25, 0.3) is 0 Å². The van der Waals surface area contributed by atoms with Gasteiger partial charge >= 0.3 is 0 Å². The van der Waals surface area contributed by atoms with E-state index in [1.54, 1.807) is 37.4 Å². The molecule has 1 atom stereocenters. The Morgan fingerprint density at radius 1 is 1.27 bits per heavy atom. The highest BCUT2D eigenvalue weighted by Gasteiger charge is 2.30. The largest absolute Gasteiger partial charge is 0.493 e. The average molecular weight is 337 g/mol. The van der Waals surface area contributed by atoms with Crippen LogP contribution in [0, 0.1) is 0 Å². The minimum Gasteiger partial charge on any atom is -0.493 e. The van der Waals surface area contributed by atoms with Gasteiger partial charge in [0.15, 0.2) is 0 Å². The van der Waals surface area contributed by atoms with Crippen LogP contribution in [0.5, 0.6) is 5.75 Å². The number of nitrogens with zero attached hydrogens (tertiary/aromatic N) is 2. The monoisotopic (exact) mass is 336 g/mol. The Bertz CT molecular complexity index is 704. The van der Waals surface area contributed by atoms with Crippen molar-refractivity contribution in [1.29, 1.82) is 0 Å². The molecule has 1 aliphatic rings. The first-order valence-electron chi connectivity index (χ1n) is 6.87. The van der Waals surface area contributed by atoms with Crippen LogP contribution in [0.4, 0.5) is 5.82 Å². The quantitative estimate of drug-likeness (QED) is 0.834. The number of aromatic nitrogens is 1. The fourth-order valence-corrected chi connectivity index (χ4v) is 2.83. The number of fused-ring (bicyclic) bond motifs is 1. The molecule has 114 valence electrons. The maximum absolute atomic E-state index is 12.8. The van der Waals surface area contributed by atoms with Gasteiger partial charge in [-0.1, -0.05) is 23.2 Å². The SMILES string of the molecule is CN(C(=O)[C@H]1CCOc2ccc(Cl)cc21)c1ccc(Cl)cn1. The zero-order chi connectivity index (χ0) is 15.7. The van der Waals surface area contributed by atoms with Gasteiger partial charge in [-0.3, -0.25) is 9.69 Å². The highest BCUT2D eigenvalue weighted by Crippen LogP contribution is 2.37. The Kier molecular flexibility index (Phi) is 4.23. The number of hydrogen-bond acceptors (Lipinski definition) is 3. The molecule has 2 aromatic rings. The summed E-state index contributed by atoms with van der Waals surface area (Å²) in [4.78, 5) is 18.5. The number of rotatable bonds is 2. The summed E-state index contributed by atoms with van der Waals surface area (Å²) in [5.41, 5.74) is 0.824. The number of amides is 1. The first kappa shape index (κ1) is 15.1. The number of carbonyl (C=O) groups is 1. The van der Waals surface area contributed by atoms with Gasteiger partial charge in [0.1, 0.15) is 11.6 Å². The Morgan fingerprint density at radius 3 is 2.77 bits per heavy atom. The van der Waals surface area contributed by atoms with Crippen molar-refractivity contribution in [3.05, 3.63) is 52.1 Å². The van der Waals surface area contributed by atoms with E-state index < -0.39 is 0 Å². The number of carbonyl (C=O) groups excluding carboxylic acids is 1. The van der Waals surface area contributed by atoms with Crippen molar-refractivity contribution in [2.75, 3.05) is 18.6 Å². The van der Waals surface area contributed by atoms with Gasteiger partial charge in [-0.25, -0.2) is 4.98 Å². The molecular weight excluding hydrogens is 323 g/mol.